The fourth-order valence-electron chi connectivity index (χ4n) is 3.23. The van der Waals surface area contributed by atoms with Crippen molar-refractivity contribution in [3.8, 4) is 0 Å². The van der Waals surface area contributed by atoms with Crippen molar-refractivity contribution in [1.29, 1.82) is 0 Å². The molecule has 2 heterocycles. The Morgan fingerprint density at radius 3 is 2.90 bits per heavy atom. The summed E-state index contributed by atoms with van der Waals surface area (Å²) in [6.45, 7) is 7.41. The molecule has 3 rings (SSSR count). The minimum atomic E-state index is 0. The zero-order valence-electron chi connectivity index (χ0n) is 17.8. The normalized spacial score (nSPS) is 16.3. The summed E-state index contributed by atoms with van der Waals surface area (Å²) in [4.78, 5) is 4.67. The Hall–Kier alpha value is -1.65. The fraction of sp³-hybridized carbons (Fsp3) is 0.545. The summed E-state index contributed by atoms with van der Waals surface area (Å²) in [5.74, 6) is 0.822. The molecule has 0 aliphatic carbocycles. The summed E-state index contributed by atoms with van der Waals surface area (Å²) >= 11 is 0. The van der Waals surface area contributed by atoms with Gasteiger partial charge in [0.1, 0.15) is 0 Å². The number of ether oxygens (including phenoxy) is 2. The number of nitrogens with zero attached hydrogens (tertiary/aromatic N) is 3. The highest BCUT2D eigenvalue weighted by Gasteiger charge is 2.14. The van der Waals surface area contributed by atoms with E-state index in [9.17, 15) is 0 Å². The highest BCUT2D eigenvalue weighted by molar-refractivity contribution is 14.0. The lowest BCUT2D eigenvalue weighted by atomic mass is 10.2. The number of aliphatic imine (C=N–C) groups is 1. The van der Waals surface area contributed by atoms with Crippen LogP contribution in [0.4, 0.5) is 0 Å². The molecule has 1 aliphatic heterocycles. The number of rotatable bonds is 11. The quantitative estimate of drug-likeness (QED) is 0.203. The van der Waals surface area contributed by atoms with Crippen molar-refractivity contribution >= 4 is 29.9 Å². The Bertz CT molecular complexity index is 732. The van der Waals surface area contributed by atoms with E-state index in [0.29, 0.717) is 19.3 Å². The van der Waals surface area contributed by atoms with Crippen LogP contribution < -0.4 is 10.6 Å². The Labute approximate surface area is 196 Å². The maximum absolute atomic E-state index is 5.70. The second-order valence-corrected chi connectivity index (χ2v) is 7.22. The Morgan fingerprint density at radius 2 is 2.13 bits per heavy atom. The van der Waals surface area contributed by atoms with Crippen molar-refractivity contribution in [1.82, 2.24) is 20.4 Å². The first-order valence-electron chi connectivity index (χ1n) is 10.6. The number of nitrogens with one attached hydrogen (secondary N) is 2. The van der Waals surface area contributed by atoms with Crippen LogP contribution in [0.3, 0.4) is 0 Å². The van der Waals surface area contributed by atoms with Gasteiger partial charge in [-0.3, -0.25) is 4.68 Å². The van der Waals surface area contributed by atoms with Crippen molar-refractivity contribution in [3.05, 3.63) is 53.9 Å². The van der Waals surface area contributed by atoms with Crippen LogP contribution in [-0.2, 0) is 22.6 Å². The Kier molecular flexibility index (Phi) is 11.8. The Morgan fingerprint density at radius 1 is 1.27 bits per heavy atom. The molecule has 0 spiro atoms. The van der Waals surface area contributed by atoms with Gasteiger partial charge in [0.05, 0.1) is 32.0 Å². The molecule has 8 heteroatoms. The molecule has 166 valence electrons. The third kappa shape index (κ3) is 9.01. The lowest BCUT2D eigenvalue weighted by molar-refractivity contribution is 0.0168. The lowest BCUT2D eigenvalue weighted by Gasteiger charge is -2.12. The first kappa shape index (κ1) is 24.6. The zero-order valence-corrected chi connectivity index (χ0v) is 20.1. The lowest BCUT2D eigenvalue weighted by Crippen LogP contribution is -2.38. The third-order valence-corrected chi connectivity index (χ3v) is 4.72. The van der Waals surface area contributed by atoms with Crippen LogP contribution in [0.5, 0.6) is 0 Å². The minimum Gasteiger partial charge on any atom is -0.379 e. The molecule has 0 radical (unpaired) electrons. The number of guanidine groups is 1. The van der Waals surface area contributed by atoms with Crippen LogP contribution in [0.15, 0.2) is 47.7 Å². The van der Waals surface area contributed by atoms with Crippen molar-refractivity contribution in [2.75, 3.05) is 32.9 Å². The molecule has 1 atom stereocenters. The molecule has 1 saturated heterocycles. The van der Waals surface area contributed by atoms with E-state index in [1.165, 1.54) is 5.56 Å². The maximum atomic E-state index is 5.70. The van der Waals surface area contributed by atoms with Crippen molar-refractivity contribution < 1.29 is 9.47 Å². The molecule has 1 aliphatic rings. The molecule has 2 aromatic rings. The van der Waals surface area contributed by atoms with Gasteiger partial charge in [-0.15, -0.1) is 24.0 Å². The largest absolute Gasteiger partial charge is 0.379 e. The third-order valence-electron chi connectivity index (χ3n) is 4.72. The second-order valence-electron chi connectivity index (χ2n) is 7.22. The summed E-state index contributed by atoms with van der Waals surface area (Å²) in [6, 6.07) is 10.3. The van der Waals surface area contributed by atoms with Gasteiger partial charge >= 0.3 is 0 Å². The van der Waals surface area contributed by atoms with Crippen LogP contribution in [0, 0.1) is 0 Å². The van der Waals surface area contributed by atoms with Gasteiger partial charge in [-0.2, -0.15) is 5.10 Å². The highest BCUT2D eigenvalue weighted by atomic mass is 127. The van der Waals surface area contributed by atoms with Gasteiger partial charge in [0.25, 0.3) is 0 Å². The summed E-state index contributed by atoms with van der Waals surface area (Å²) < 4.78 is 13.2. The molecule has 0 saturated carbocycles. The average Bonchev–Trinajstić information content (AvgIpc) is 3.41. The number of aromatic nitrogens is 2. The summed E-state index contributed by atoms with van der Waals surface area (Å²) in [6.07, 6.45) is 7.45. The molecule has 30 heavy (non-hydrogen) atoms. The maximum Gasteiger partial charge on any atom is 0.191 e. The first-order chi connectivity index (χ1) is 14.3. The van der Waals surface area contributed by atoms with Gasteiger partial charge < -0.3 is 20.1 Å². The number of hydrogen-bond donors (Lipinski definition) is 2. The van der Waals surface area contributed by atoms with Crippen LogP contribution >= 0.6 is 24.0 Å². The average molecular weight is 527 g/mol. The predicted octanol–water partition coefficient (Wildman–Crippen LogP) is 3.19. The minimum absolute atomic E-state index is 0. The van der Waals surface area contributed by atoms with Gasteiger partial charge in [0.15, 0.2) is 5.96 Å². The van der Waals surface area contributed by atoms with Gasteiger partial charge in [-0.1, -0.05) is 30.3 Å². The van der Waals surface area contributed by atoms with E-state index in [1.807, 2.05) is 29.1 Å². The van der Waals surface area contributed by atoms with E-state index in [2.05, 4.69) is 46.0 Å². The molecule has 7 nitrogen and oxygen atoms in total. The molecule has 0 amide bonds. The monoisotopic (exact) mass is 527 g/mol. The van der Waals surface area contributed by atoms with Crippen LogP contribution in [-0.4, -0.2) is 54.8 Å². The van der Waals surface area contributed by atoms with E-state index < -0.39 is 0 Å². The molecule has 1 aromatic carbocycles. The number of benzene rings is 1. The SMILES string of the molecule is CCNC(=NCc1cnn(Cc2ccccc2)c1)NCCCOCC1CCCO1.I. The number of hydrogen-bond acceptors (Lipinski definition) is 4. The molecule has 1 aromatic heterocycles. The van der Waals surface area contributed by atoms with Crippen LogP contribution in [0.1, 0.15) is 37.3 Å². The van der Waals surface area contributed by atoms with E-state index in [-0.39, 0.29) is 24.0 Å². The van der Waals surface area contributed by atoms with E-state index in [4.69, 9.17) is 9.47 Å². The highest BCUT2D eigenvalue weighted by Crippen LogP contribution is 2.11. The van der Waals surface area contributed by atoms with Crippen LogP contribution in [0.25, 0.3) is 0 Å². The smallest absolute Gasteiger partial charge is 0.191 e. The Balaban J connectivity index is 0.00000320. The molecular formula is C22H34IN5O2. The molecular weight excluding hydrogens is 493 g/mol. The molecule has 2 N–H and O–H groups in total. The van der Waals surface area contributed by atoms with Crippen molar-refractivity contribution in [3.63, 3.8) is 0 Å². The predicted molar refractivity (Wildman–Crippen MR) is 130 cm³/mol. The summed E-state index contributed by atoms with van der Waals surface area (Å²) in [7, 11) is 0. The summed E-state index contributed by atoms with van der Waals surface area (Å²) in [5, 5.41) is 11.1. The van der Waals surface area contributed by atoms with Gasteiger partial charge in [0.2, 0.25) is 0 Å². The number of halogens is 1. The van der Waals surface area contributed by atoms with E-state index in [1.54, 1.807) is 0 Å². The first-order valence-corrected chi connectivity index (χ1v) is 10.6. The van der Waals surface area contributed by atoms with E-state index >= 15 is 0 Å². The van der Waals surface area contributed by atoms with Gasteiger partial charge in [-0.25, -0.2) is 4.99 Å². The van der Waals surface area contributed by atoms with E-state index in [0.717, 1.165) is 63.6 Å². The molecule has 1 fully saturated rings. The standard InChI is InChI=1S/C22H33N5O2.HI/c1-2-23-22(24-11-7-12-28-18-21-10-6-13-29-21)25-14-20-15-26-27(17-20)16-19-8-4-3-5-9-19;/h3-5,8-9,15,17,21H,2,6-7,10-14,16,18H2,1H3,(H2,23,24,25);1H. The fourth-order valence-corrected chi connectivity index (χ4v) is 3.23. The van der Waals surface area contributed by atoms with Crippen molar-refractivity contribution in [2.24, 2.45) is 4.99 Å². The summed E-state index contributed by atoms with van der Waals surface area (Å²) in [5.41, 5.74) is 2.33. The van der Waals surface area contributed by atoms with Gasteiger partial charge in [-0.05, 0) is 31.7 Å². The second kappa shape index (κ2) is 14.4. The van der Waals surface area contributed by atoms with Gasteiger partial charge in [0, 0.05) is 38.1 Å². The molecule has 0 bridgehead atoms. The van der Waals surface area contributed by atoms with Crippen LogP contribution in [0.2, 0.25) is 0 Å². The molecule has 1 unspecified atom stereocenters. The zero-order chi connectivity index (χ0) is 20.2. The topological polar surface area (TPSA) is 72.7 Å². The van der Waals surface area contributed by atoms with Crippen molar-refractivity contribution in [2.45, 2.75) is 45.4 Å².